The van der Waals surface area contributed by atoms with Crippen molar-refractivity contribution < 1.29 is 34.3 Å². The largest absolute Gasteiger partial charge is 0.504 e. The lowest BCUT2D eigenvalue weighted by Gasteiger charge is -2.27. The van der Waals surface area contributed by atoms with E-state index >= 15 is 0 Å². The lowest BCUT2D eigenvalue weighted by molar-refractivity contribution is -0.0583. The quantitative estimate of drug-likeness (QED) is 0.496. The normalized spacial score (nSPS) is 15.0. The van der Waals surface area contributed by atoms with E-state index in [0.29, 0.717) is 16.7 Å². The van der Waals surface area contributed by atoms with Crippen LogP contribution in [0.2, 0.25) is 0 Å². The molecule has 148 valence electrons. The Bertz CT molecular complexity index is 1190. The van der Waals surface area contributed by atoms with Gasteiger partial charge in [-0.05, 0) is 35.9 Å². The second kappa shape index (κ2) is 6.92. The van der Waals surface area contributed by atoms with Crippen LogP contribution in [-0.4, -0.2) is 27.5 Å². The Morgan fingerprint density at radius 3 is 2.38 bits per heavy atom. The molecule has 0 radical (unpaired) electrons. The summed E-state index contributed by atoms with van der Waals surface area (Å²) in [5.74, 6) is -0.887. The molecule has 8 nitrogen and oxygen atoms in total. The summed E-state index contributed by atoms with van der Waals surface area (Å²) in [5, 5.41) is 38.5. The van der Waals surface area contributed by atoms with Gasteiger partial charge < -0.3 is 34.3 Å². The van der Waals surface area contributed by atoms with Gasteiger partial charge in [-0.15, -0.1) is 0 Å². The first-order valence-electron chi connectivity index (χ1n) is 8.51. The summed E-state index contributed by atoms with van der Waals surface area (Å²) in [5.41, 5.74) is 0.688. The van der Waals surface area contributed by atoms with Crippen LogP contribution in [0.25, 0.3) is 23.3 Å². The number of phenols is 4. The van der Waals surface area contributed by atoms with Crippen LogP contribution in [-0.2, 0) is 4.74 Å². The van der Waals surface area contributed by atoms with Gasteiger partial charge in [0.25, 0.3) is 0 Å². The van der Waals surface area contributed by atoms with Gasteiger partial charge in [0.05, 0.1) is 0 Å². The smallest absolute Gasteiger partial charge is 0.347 e. The van der Waals surface area contributed by atoms with Gasteiger partial charge in [-0.1, -0.05) is 12.1 Å². The molecule has 0 saturated heterocycles. The van der Waals surface area contributed by atoms with E-state index in [4.69, 9.17) is 13.9 Å². The minimum absolute atomic E-state index is 0.100. The molecule has 8 heteroatoms. The van der Waals surface area contributed by atoms with E-state index < -0.39 is 11.9 Å². The third-order valence-electron chi connectivity index (χ3n) is 4.49. The van der Waals surface area contributed by atoms with Gasteiger partial charge in [-0.25, -0.2) is 4.79 Å². The molecular weight excluding hydrogens is 380 g/mol. The van der Waals surface area contributed by atoms with Gasteiger partial charge in [0.2, 0.25) is 6.29 Å². The van der Waals surface area contributed by atoms with Gasteiger partial charge in [0.15, 0.2) is 23.0 Å². The number of fused-ring (bicyclic) bond motifs is 3. The number of hydrogen-bond donors (Lipinski definition) is 4. The Balaban J connectivity index is 1.78. The zero-order valence-electron chi connectivity index (χ0n) is 15.1. The first-order chi connectivity index (χ1) is 13.9. The number of benzene rings is 2. The van der Waals surface area contributed by atoms with E-state index in [1.165, 1.54) is 43.5 Å². The molecule has 0 amide bonds. The van der Waals surface area contributed by atoms with E-state index in [2.05, 4.69) is 0 Å². The van der Waals surface area contributed by atoms with Crippen LogP contribution in [0.5, 0.6) is 28.7 Å². The highest BCUT2D eigenvalue weighted by Crippen LogP contribution is 2.45. The highest BCUT2D eigenvalue weighted by molar-refractivity contribution is 5.78. The molecule has 0 bridgehead atoms. The molecule has 3 aromatic rings. The molecule has 0 saturated carbocycles. The first-order valence-corrected chi connectivity index (χ1v) is 8.51. The number of aromatic hydroxyl groups is 4. The molecule has 1 atom stereocenters. The number of hydrogen-bond acceptors (Lipinski definition) is 8. The Kier molecular flexibility index (Phi) is 4.40. The molecule has 2 heterocycles. The Labute approximate surface area is 164 Å². The van der Waals surface area contributed by atoms with Crippen LogP contribution in [0.1, 0.15) is 23.2 Å². The van der Waals surface area contributed by atoms with Crippen LogP contribution in [0.3, 0.4) is 0 Å². The van der Waals surface area contributed by atoms with Crippen molar-refractivity contribution in [2.24, 2.45) is 0 Å². The Morgan fingerprint density at radius 1 is 0.931 bits per heavy atom. The predicted molar refractivity (Wildman–Crippen MR) is 103 cm³/mol. The molecule has 4 rings (SSSR count). The summed E-state index contributed by atoms with van der Waals surface area (Å²) < 4.78 is 16.3. The molecule has 2 aromatic carbocycles. The van der Waals surface area contributed by atoms with Crippen molar-refractivity contribution in [3.05, 3.63) is 63.7 Å². The standard InChI is InChI=1S/C21H16O8/c1-27-21-13-9-17(25)16(24)8-12(13)19-18(29-21)7-11(28-20(19)26)4-2-10-3-5-14(22)15(23)6-10/h2-9,21-25H,1H3/t21-/m1/s1. The Hall–Kier alpha value is -3.91. The Morgan fingerprint density at radius 2 is 1.66 bits per heavy atom. The second-order valence-electron chi connectivity index (χ2n) is 6.37. The molecule has 29 heavy (non-hydrogen) atoms. The van der Waals surface area contributed by atoms with Crippen LogP contribution >= 0.6 is 0 Å². The maximum absolute atomic E-state index is 12.6. The summed E-state index contributed by atoms with van der Waals surface area (Å²) in [4.78, 5) is 12.6. The number of phenolic OH excluding ortho intramolecular Hbond substituents is 4. The molecule has 1 aromatic heterocycles. The average Bonchev–Trinajstić information content (AvgIpc) is 2.69. The van der Waals surface area contributed by atoms with Crippen molar-refractivity contribution in [3.63, 3.8) is 0 Å². The highest BCUT2D eigenvalue weighted by atomic mass is 16.7. The third kappa shape index (κ3) is 3.26. The van der Waals surface area contributed by atoms with E-state index in [9.17, 15) is 25.2 Å². The summed E-state index contributed by atoms with van der Waals surface area (Å²) in [6, 6.07) is 8.28. The van der Waals surface area contributed by atoms with Crippen LogP contribution < -0.4 is 10.4 Å². The summed E-state index contributed by atoms with van der Waals surface area (Å²) in [6.45, 7) is 0. The van der Waals surface area contributed by atoms with Gasteiger partial charge >= 0.3 is 5.63 Å². The van der Waals surface area contributed by atoms with Crippen molar-refractivity contribution in [2.45, 2.75) is 6.29 Å². The summed E-state index contributed by atoms with van der Waals surface area (Å²) >= 11 is 0. The number of methoxy groups -OCH3 is 1. The van der Waals surface area contributed by atoms with E-state index in [0.717, 1.165) is 0 Å². The van der Waals surface area contributed by atoms with Crippen molar-refractivity contribution in [1.82, 2.24) is 0 Å². The molecule has 4 N–H and O–H groups in total. The third-order valence-corrected chi connectivity index (χ3v) is 4.49. The maximum Gasteiger partial charge on any atom is 0.347 e. The van der Waals surface area contributed by atoms with Gasteiger partial charge in [-0.3, -0.25) is 0 Å². The number of ether oxygens (including phenoxy) is 2. The fraction of sp³-hybridized carbons (Fsp3) is 0.0952. The lowest BCUT2D eigenvalue weighted by atomic mass is 9.96. The fourth-order valence-corrected chi connectivity index (χ4v) is 3.09. The summed E-state index contributed by atoms with van der Waals surface area (Å²) in [7, 11) is 1.41. The monoisotopic (exact) mass is 396 g/mol. The lowest BCUT2D eigenvalue weighted by Crippen LogP contribution is -2.20. The van der Waals surface area contributed by atoms with Crippen molar-refractivity contribution in [1.29, 1.82) is 0 Å². The molecular formula is C21H16O8. The first kappa shape index (κ1) is 18.5. The zero-order valence-corrected chi connectivity index (χ0v) is 15.1. The molecule has 0 aliphatic carbocycles. The molecule has 0 fully saturated rings. The van der Waals surface area contributed by atoms with Crippen LogP contribution in [0.4, 0.5) is 0 Å². The molecule has 1 aliphatic rings. The SMILES string of the molecule is CO[C@@H]1Oc2cc(C=Cc3ccc(O)c(O)c3)oc(=O)c2-c2cc(O)c(O)cc21. The van der Waals surface area contributed by atoms with Crippen LogP contribution in [0, 0.1) is 0 Å². The summed E-state index contributed by atoms with van der Waals surface area (Å²) in [6.07, 6.45) is 2.19. The molecule has 0 spiro atoms. The van der Waals surface area contributed by atoms with Gasteiger partial charge in [0, 0.05) is 24.3 Å². The fourth-order valence-electron chi connectivity index (χ4n) is 3.09. The highest BCUT2D eigenvalue weighted by Gasteiger charge is 2.31. The van der Waals surface area contributed by atoms with E-state index in [1.54, 1.807) is 12.1 Å². The number of rotatable bonds is 3. The van der Waals surface area contributed by atoms with Crippen LogP contribution in [0.15, 0.2) is 45.6 Å². The average molecular weight is 396 g/mol. The van der Waals surface area contributed by atoms with E-state index in [1.807, 2.05) is 0 Å². The van der Waals surface area contributed by atoms with Gasteiger partial charge in [-0.2, -0.15) is 0 Å². The molecule has 0 unspecified atom stereocenters. The molecule has 1 aliphatic heterocycles. The minimum atomic E-state index is -0.892. The topological polar surface area (TPSA) is 130 Å². The predicted octanol–water partition coefficient (Wildman–Crippen LogP) is 3.34. The maximum atomic E-state index is 12.6. The van der Waals surface area contributed by atoms with Crippen molar-refractivity contribution in [3.8, 4) is 39.9 Å². The second-order valence-corrected chi connectivity index (χ2v) is 6.37. The van der Waals surface area contributed by atoms with E-state index in [-0.39, 0.29) is 40.1 Å². The van der Waals surface area contributed by atoms with Crippen molar-refractivity contribution >= 4 is 12.2 Å². The van der Waals surface area contributed by atoms with Crippen molar-refractivity contribution in [2.75, 3.05) is 7.11 Å². The van der Waals surface area contributed by atoms with Gasteiger partial charge in [0.1, 0.15) is 17.1 Å². The zero-order chi connectivity index (χ0) is 20.7. The minimum Gasteiger partial charge on any atom is -0.504 e.